The molecule has 0 aliphatic heterocycles. The van der Waals surface area contributed by atoms with Crippen molar-refractivity contribution in [2.45, 2.75) is 13.3 Å². The van der Waals surface area contributed by atoms with Crippen molar-refractivity contribution >= 4 is 5.91 Å². The Kier molecular flexibility index (Phi) is 5.03. The molecule has 0 heterocycles. The molecule has 1 aromatic rings. The van der Waals surface area contributed by atoms with E-state index in [4.69, 9.17) is 5.73 Å². The zero-order chi connectivity index (χ0) is 12.8. The molecule has 17 heavy (non-hydrogen) atoms. The summed E-state index contributed by atoms with van der Waals surface area (Å²) in [7, 11) is 0. The third kappa shape index (κ3) is 4.11. The molecule has 0 aliphatic carbocycles. The minimum Gasteiger partial charge on any atom is -0.352 e. The highest BCUT2D eigenvalue weighted by atomic mass is 19.2. The number of amides is 1. The Balaban J connectivity index is 2.55. The van der Waals surface area contributed by atoms with E-state index in [9.17, 15) is 13.6 Å². The Labute approximate surface area is 99.0 Å². The van der Waals surface area contributed by atoms with E-state index in [1.807, 2.05) is 6.92 Å². The molecule has 1 aromatic carbocycles. The van der Waals surface area contributed by atoms with Gasteiger partial charge in [-0.25, -0.2) is 8.78 Å². The van der Waals surface area contributed by atoms with E-state index in [0.29, 0.717) is 13.1 Å². The fourth-order valence-electron chi connectivity index (χ4n) is 1.39. The highest BCUT2D eigenvalue weighted by molar-refractivity contribution is 5.94. The monoisotopic (exact) mass is 242 g/mol. The van der Waals surface area contributed by atoms with Gasteiger partial charge in [0.15, 0.2) is 11.6 Å². The number of nitrogens with one attached hydrogen (secondary N) is 1. The minimum absolute atomic E-state index is 0.115. The molecule has 0 saturated heterocycles. The smallest absolute Gasteiger partial charge is 0.251 e. The first-order valence-electron chi connectivity index (χ1n) is 5.48. The van der Waals surface area contributed by atoms with E-state index in [1.165, 1.54) is 6.07 Å². The van der Waals surface area contributed by atoms with E-state index in [0.717, 1.165) is 18.6 Å². The number of halogens is 2. The molecule has 3 N–H and O–H groups in total. The van der Waals surface area contributed by atoms with Crippen molar-refractivity contribution in [3.63, 3.8) is 0 Å². The van der Waals surface area contributed by atoms with Crippen LogP contribution in [-0.4, -0.2) is 19.0 Å². The minimum atomic E-state index is -1.02. The molecule has 0 aromatic heterocycles. The van der Waals surface area contributed by atoms with Gasteiger partial charge in [-0.2, -0.15) is 0 Å². The topological polar surface area (TPSA) is 55.1 Å². The van der Waals surface area contributed by atoms with Crippen molar-refractivity contribution in [2.75, 3.05) is 13.1 Å². The van der Waals surface area contributed by atoms with Gasteiger partial charge in [0.05, 0.1) is 0 Å². The molecule has 1 rings (SSSR count). The Morgan fingerprint density at radius 1 is 1.41 bits per heavy atom. The summed E-state index contributed by atoms with van der Waals surface area (Å²) in [5.41, 5.74) is 5.49. The highest BCUT2D eigenvalue weighted by Crippen LogP contribution is 2.08. The molecule has 0 bridgehead atoms. The van der Waals surface area contributed by atoms with Gasteiger partial charge in [-0.1, -0.05) is 6.92 Å². The first-order chi connectivity index (χ1) is 8.04. The largest absolute Gasteiger partial charge is 0.352 e. The predicted molar refractivity (Wildman–Crippen MR) is 61.5 cm³/mol. The van der Waals surface area contributed by atoms with Crippen molar-refractivity contribution in [3.05, 3.63) is 35.4 Å². The van der Waals surface area contributed by atoms with Crippen LogP contribution in [0.2, 0.25) is 0 Å². The van der Waals surface area contributed by atoms with Crippen LogP contribution in [0.4, 0.5) is 8.78 Å². The molecule has 3 nitrogen and oxygen atoms in total. The lowest BCUT2D eigenvalue weighted by molar-refractivity contribution is 0.0947. The molecule has 5 heteroatoms. The maximum atomic E-state index is 12.9. The summed E-state index contributed by atoms with van der Waals surface area (Å²) in [6.07, 6.45) is 0.804. The molecular formula is C12H16F2N2O. The molecule has 1 atom stereocenters. The van der Waals surface area contributed by atoms with Crippen molar-refractivity contribution in [2.24, 2.45) is 11.7 Å². The number of hydrogen-bond donors (Lipinski definition) is 2. The molecule has 0 fully saturated rings. The lowest BCUT2D eigenvalue weighted by Crippen LogP contribution is -2.29. The second-order valence-corrected chi connectivity index (χ2v) is 4.02. The first kappa shape index (κ1) is 13.6. The van der Waals surface area contributed by atoms with Crippen LogP contribution in [0.3, 0.4) is 0 Å². The zero-order valence-corrected chi connectivity index (χ0v) is 9.67. The number of nitrogens with two attached hydrogens (primary N) is 1. The van der Waals surface area contributed by atoms with Crippen LogP contribution < -0.4 is 11.1 Å². The Bertz CT molecular complexity index is 396. The molecule has 0 spiro atoms. The molecule has 0 radical (unpaired) electrons. The Hall–Kier alpha value is -1.49. The summed E-state index contributed by atoms with van der Waals surface area (Å²) < 4.78 is 25.5. The fourth-order valence-corrected chi connectivity index (χ4v) is 1.39. The average Bonchev–Trinajstić information content (AvgIpc) is 2.30. The SMILES string of the molecule is CC(CCN)CNC(=O)c1ccc(F)c(F)c1. The van der Waals surface area contributed by atoms with Crippen LogP contribution in [0.25, 0.3) is 0 Å². The third-order valence-corrected chi connectivity index (χ3v) is 2.45. The number of carbonyl (C=O) groups excluding carboxylic acids is 1. The van der Waals surface area contributed by atoms with Crippen molar-refractivity contribution < 1.29 is 13.6 Å². The van der Waals surface area contributed by atoms with Gasteiger partial charge in [-0.3, -0.25) is 4.79 Å². The molecular weight excluding hydrogens is 226 g/mol. The van der Waals surface area contributed by atoms with Crippen molar-refractivity contribution in [1.82, 2.24) is 5.32 Å². The van der Waals surface area contributed by atoms with Gasteiger partial charge in [-0.05, 0) is 37.1 Å². The normalized spacial score (nSPS) is 12.2. The van der Waals surface area contributed by atoms with E-state index < -0.39 is 17.5 Å². The third-order valence-electron chi connectivity index (χ3n) is 2.45. The van der Waals surface area contributed by atoms with Gasteiger partial charge in [0.2, 0.25) is 0 Å². The van der Waals surface area contributed by atoms with Crippen LogP contribution in [0.1, 0.15) is 23.7 Å². The van der Waals surface area contributed by atoms with E-state index >= 15 is 0 Å². The number of hydrogen-bond acceptors (Lipinski definition) is 2. The summed E-state index contributed by atoms with van der Waals surface area (Å²) in [4.78, 5) is 11.6. The first-order valence-corrected chi connectivity index (χ1v) is 5.48. The standard InChI is InChI=1S/C12H16F2N2O/c1-8(4-5-15)7-16-12(17)9-2-3-10(13)11(14)6-9/h2-3,6,8H,4-5,7,15H2,1H3,(H,16,17). The predicted octanol–water partition coefficient (Wildman–Crippen LogP) is 1.68. The summed E-state index contributed by atoms with van der Waals surface area (Å²) in [5.74, 6) is -2.13. The van der Waals surface area contributed by atoms with Crippen molar-refractivity contribution in [1.29, 1.82) is 0 Å². The lowest BCUT2D eigenvalue weighted by Gasteiger charge is -2.11. The molecule has 1 unspecified atom stereocenters. The molecule has 0 aliphatic rings. The van der Waals surface area contributed by atoms with Crippen LogP contribution in [0.5, 0.6) is 0 Å². The van der Waals surface area contributed by atoms with Gasteiger partial charge >= 0.3 is 0 Å². The van der Waals surface area contributed by atoms with Gasteiger partial charge < -0.3 is 11.1 Å². The average molecular weight is 242 g/mol. The van der Waals surface area contributed by atoms with Crippen LogP contribution in [0.15, 0.2) is 18.2 Å². The maximum absolute atomic E-state index is 12.9. The number of benzene rings is 1. The molecule has 0 saturated carbocycles. The van der Waals surface area contributed by atoms with Crippen molar-refractivity contribution in [3.8, 4) is 0 Å². The maximum Gasteiger partial charge on any atom is 0.251 e. The van der Waals surface area contributed by atoms with Crippen LogP contribution in [0, 0.1) is 17.6 Å². The van der Waals surface area contributed by atoms with E-state index in [-0.39, 0.29) is 11.5 Å². The summed E-state index contributed by atoms with van der Waals surface area (Å²) in [6, 6.07) is 3.08. The highest BCUT2D eigenvalue weighted by Gasteiger charge is 2.10. The van der Waals surface area contributed by atoms with Gasteiger partial charge in [0.25, 0.3) is 5.91 Å². The summed E-state index contributed by atoms with van der Waals surface area (Å²) >= 11 is 0. The molecule has 1 amide bonds. The summed E-state index contributed by atoms with van der Waals surface area (Å²) in [6.45, 7) is 2.98. The zero-order valence-electron chi connectivity index (χ0n) is 9.67. The van der Waals surface area contributed by atoms with Crippen LogP contribution in [-0.2, 0) is 0 Å². The van der Waals surface area contributed by atoms with E-state index in [2.05, 4.69) is 5.32 Å². The Morgan fingerprint density at radius 2 is 2.12 bits per heavy atom. The second kappa shape index (κ2) is 6.30. The fraction of sp³-hybridized carbons (Fsp3) is 0.417. The Morgan fingerprint density at radius 3 is 2.71 bits per heavy atom. The molecule has 94 valence electrons. The lowest BCUT2D eigenvalue weighted by atomic mass is 10.1. The quantitative estimate of drug-likeness (QED) is 0.825. The van der Waals surface area contributed by atoms with Gasteiger partial charge in [0, 0.05) is 12.1 Å². The summed E-state index contributed by atoms with van der Waals surface area (Å²) in [5, 5.41) is 2.65. The second-order valence-electron chi connectivity index (χ2n) is 4.02. The number of rotatable bonds is 5. The van der Waals surface area contributed by atoms with Gasteiger partial charge in [-0.15, -0.1) is 0 Å². The van der Waals surface area contributed by atoms with Gasteiger partial charge in [0.1, 0.15) is 0 Å². The van der Waals surface area contributed by atoms with Crippen LogP contribution >= 0.6 is 0 Å². The van der Waals surface area contributed by atoms with E-state index in [1.54, 1.807) is 0 Å². The number of carbonyl (C=O) groups is 1.